The third-order valence-corrected chi connectivity index (χ3v) is 7.71. The van der Waals surface area contributed by atoms with Crippen LogP contribution in [-0.2, 0) is 19.1 Å². The van der Waals surface area contributed by atoms with Gasteiger partial charge in [-0.05, 0) is 68.6 Å². The molecule has 0 heterocycles. The van der Waals surface area contributed by atoms with Crippen molar-refractivity contribution in [2.45, 2.75) is 177 Å². The van der Waals surface area contributed by atoms with Crippen molar-refractivity contribution in [1.82, 2.24) is 0 Å². The average Bonchev–Trinajstić information content (AvgIpc) is 2.83. The van der Waals surface area contributed by atoms with Gasteiger partial charge in [0, 0.05) is 12.8 Å². The van der Waals surface area contributed by atoms with E-state index in [1.807, 2.05) is 0 Å². The number of ether oxygens (including phenoxy) is 2. The van der Waals surface area contributed by atoms with Gasteiger partial charge in [0.25, 0.3) is 0 Å². The van der Waals surface area contributed by atoms with E-state index in [-0.39, 0.29) is 24.1 Å². The van der Waals surface area contributed by atoms with E-state index in [1.54, 1.807) is 0 Å². The van der Waals surface area contributed by atoms with E-state index in [0.717, 1.165) is 50.4 Å². The summed E-state index contributed by atoms with van der Waals surface area (Å²) in [7, 11) is 0. The Balaban J connectivity index is 4.59. The van der Waals surface area contributed by atoms with Crippen molar-refractivity contribution in [3.05, 3.63) is 0 Å². The van der Waals surface area contributed by atoms with Crippen molar-refractivity contribution in [1.29, 1.82) is 0 Å². The number of carbonyl (C=O) groups excluding carboxylic acids is 2. The van der Waals surface area contributed by atoms with E-state index in [0.29, 0.717) is 31.1 Å². The Bertz CT molecular complexity index is 509. The van der Waals surface area contributed by atoms with Crippen molar-refractivity contribution >= 4 is 11.9 Å². The molecular weight excluding hydrogens is 460 g/mol. The summed E-state index contributed by atoms with van der Waals surface area (Å²) in [6, 6.07) is 0. The van der Waals surface area contributed by atoms with E-state index in [1.165, 1.54) is 51.4 Å². The highest BCUT2D eigenvalue weighted by atomic mass is 16.5. The molecule has 0 spiro atoms. The summed E-state index contributed by atoms with van der Waals surface area (Å²) in [6.07, 6.45) is 17.0. The maximum atomic E-state index is 12.6. The smallest absolute Gasteiger partial charge is 0.306 e. The number of esters is 2. The van der Waals surface area contributed by atoms with Gasteiger partial charge in [-0.25, -0.2) is 0 Å². The second-order valence-corrected chi connectivity index (χ2v) is 12.3. The fourth-order valence-electron chi connectivity index (χ4n) is 5.30. The zero-order valence-electron chi connectivity index (χ0n) is 26.1. The summed E-state index contributed by atoms with van der Waals surface area (Å²) in [5, 5.41) is 0. The molecule has 220 valence electrons. The van der Waals surface area contributed by atoms with Gasteiger partial charge in [-0.15, -0.1) is 0 Å². The molecule has 0 rings (SSSR count). The minimum Gasteiger partial charge on any atom is -0.462 e. The van der Waals surface area contributed by atoms with Gasteiger partial charge < -0.3 is 9.47 Å². The molecule has 0 radical (unpaired) electrons. The molecule has 0 fully saturated rings. The zero-order chi connectivity index (χ0) is 28.1. The van der Waals surface area contributed by atoms with Crippen molar-refractivity contribution in [2.75, 3.05) is 0 Å². The molecule has 4 heteroatoms. The SMILES string of the molecule is CCCCC(CC)CCC(CC(C)C)OC(=O)CCCC(=O)OC(CCC(CC)CCCC)CC(C)C. The van der Waals surface area contributed by atoms with E-state index >= 15 is 0 Å². The quantitative estimate of drug-likeness (QED) is 0.118. The number of rotatable bonds is 24. The maximum Gasteiger partial charge on any atom is 0.306 e. The van der Waals surface area contributed by atoms with Crippen LogP contribution < -0.4 is 0 Å². The summed E-state index contributed by atoms with van der Waals surface area (Å²) < 4.78 is 11.8. The van der Waals surface area contributed by atoms with Crippen LogP contribution >= 0.6 is 0 Å². The van der Waals surface area contributed by atoms with Gasteiger partial charge in [-0.3, -0.25) is 9.59 Å². The molecule has 4 atom stereocenters. The van der Waals surface area contributed by atoms with Gasteiger partial charge in [0.15, 0.2) is 0 Å². The first-order valence-corrected chi connectivity index (χ1v) is 16.0. The van der Waals surface area contributed by atoms with Crippen LogP contribution in [-0.4, -0.2) is 24.1 Å². The van der Waals surface area contributed by atoms with Crippen molar-refractivity contribution in [2.24, 2.45) is 23.7 Å². The molecule has 0 aliphatic rings. The third kappa shape index (κ3) is 20.6. The second-order valence-electron chi connectivity index (χ2n) is 12.3. The fourth-order valence-corrected chi connectivity index (χ4v) is 5.30. The predicted molar refractivity (Wildman–Crippen MR) is 158 cm³/mol. The normalized spacial score (nSPS) is 15.0. The van der Waals surface area contributed by atoms with Crippen LogP contribution in [0, 0.1) is 23.7 Å². The van der Waals surface area contributed by atoms with Crippen LogP contribution in [0.3, 0.4) is 0 Å². The molecule has 4 unspecified atom stereocenters. The molecule has 4 nitrogen and oxygen atoms in total. The van der Waals surface area contributed by atoms with Crippen molar-refractivity contribution in [3.63, 3.8) is 0 Å². The Kier molecular flexibility index (Phi) is 22.2. The Labute approximate surface area is 231 Å². The van der Waals surface area contributed by atoms with Gasteiger partial charge in [0.05, 0.1) is 0 Å². The molecule has 0 aliphatic carbocycles. The fraction of sp³-hybridized carbons (Fsp3) is 0.939. The lowest BCUT2D eigenvalue weighted by Crippen LogP contribution is -2.22. The molecule has 0 N–H and O–H groups in total. The molecule has 0 amide bonds. The number of carbonyl (C=O) groups is 2. The summed E-state index contributed by atoms with van der Waals surface area (Å²) in [5.41, 5.74) is 0. The van der Waals surface area contributed by atoms with E-state index < -0.39 is 0 Å². The van der Waals surface area contributed by atoms with Crippen LogP contribution in [0.4, 0.5) is 0 Å². The average molecular weight is 525 g/mol. The first-order valence-electron chi connectivity index (χ1n) is 16.0. The lowest BCUT2D eigenvalue weighted by molar-refractivity contribution is -0.152. The predicted octanol–water partition coefficient (Wildman–Crippen LogP) is 10.1. The highest BCUT2D eigenvalue weighted by Gasteiger charge is 2.21. The van der Waals surface area contributed by atoms with Crippen LogP contribution in [0.15, 0.2) is 0 Å². The molecule has 0 aromatic heterocycles. The summed E-state index contributed by atoms with van der Waals surface area (Å²) in [4.78, 5) is 25.2. The first-order chi connectivity index (χ1) is 17.6. The Morgan fingerprint density at radius 3 is 1.22 bits per heavy atom. The lowest BCUT2D eigenvalue weighted by atomic mass is 9.91. The van der Waals surface area contributed by atoms with Crippen LogP contribution in [0.25, 0.3) is 0 Å². The monoisotopic (exact) mass is 524 g/mol. The van der Waals surface area contributed by atoms with E-state index in [2.05, 4.69) is 55.4 Å². The van der Waals surface area contributed by atoms with Gasteiger partial charge in [0.2, 0.25) is 0 Å². The number of hydrogen-bond donors (Lipinski definition) is 0. The Morgan fingerprint density at radius 1 is 0.541 bits per heavy atom. The molecule has 0 saturated heterocycles. The van der Waals surface area contributed by atoms with Gasteiger partial charge in [-0.1, -0.05) is 107 Å². The number of hydrogen-bond acceptors (Lipinski definition) is 4. The second kappa shape index (κ2) is 22.9. The molecule has 0 aliphatic heterocycles. The molecule has 0 saturated carbocycles. The molecule has 0 aromatic rings. The van der Waals surface area contributed by atoms with Crippen LogP contribution in [0.1, 0.15) is 165 Å². The van der Waals surface area contributed by atoms with Crippen LogP contribution in [0.5, 0.6) is 0 Å². The van der Waals surface area contributed by atoms with Crippen LogP contribution in [0.2, 0.25) is 0 Å². The standard InChI is InChI=1S/C33H64O4/c1-9-13-16-28(11-3)20-22-30(24-26(5)6)36-32(34)18-15-19-33(35)37-31(25-27(7)8)23-21-29(12-4)17-14-10-2/h26-31H,9-25H2,1-8H3. The molecule has 37 heavy (non-hydrogen) atoms. The zero-order valence-corrected chi connectivity index (χ0v) is 26.1. The topological polar surface area (TPSA) is 52.6 Å². The van der Waals surface area contributed by atoms with Crippen molar-refractivity contribution < 1.29 is 19.1 Å². The third-order valence-electron chi connectivity index (χ3n) is 7.71. The Hall–Kier alpha value is -1.06. The van der Waals surface area contributed by atoms with Gasteiger partial charge >= 0.3 is 11.9 Å². The lowest BCUT2D eigenvalue weighted by Gasteiger charge is -2.23. The van der Waals surface area contributed by atoms with E-state index in [9.17, 15) is 9.59 Å². The molecule has 0 bridgehead atoms. The summed E-state index contributed by atoms with van der Waals surface area (Å²) in [6.45, 7) is 17.8. The minimum atomic E-state index is -0.166. The number of unbranched alkanes of at least 4 members (excludes halogenated alkanes) is 2. The minimum absolute atomic E-state index is 0.00947. The maximum absolute atomic E-state index is 12.6. The van der Waals surface area contributed by atoms with Gasteiger partial charge in [-0.2, -0.15) is 0 Å². The summed E-state index contributed by atoms with van der Waals surface area (Å²) >= 11 is 0. The molecular formula is C33H64O4. The molecule has 0 aromatic carbocycles. The first kappa shape index (κ1) is 35.9. The summed E-state index contributed by atoms with van der Waals surface area (Å²) in [5.74, 6) is 2.11. The Morgan fingerprint density at radius 2 is 0.919 bits per heavy atom. The highest BCUT2D eigenvalue weighted by Crippen LogP contribution is 2.25. The van der Waals surface area contributed by atoms with Crippen molar-refractivity contribution in [3.8, 4) is 0 Å². The van der Waals surface area contributed by atoms with Gasteiger partial charge in [0.1, 0.15) is 12.2 Å². The highest BCUT2D eigenvalue weighted by molar-refractivity contribution is 5.72. The largest absolute Gasteiger partial charge is 0.462 e. The van der Waals surface area contributed by atoms with E-state index in [4.69, 9.17) is 9.47 Å².